The van der Waals surface area contributed by atoms with Crippen LogP contribution in [0.5, 0.6) is 0 Å². The first-order valence-electron chi connectivity index (χ1n) is 7.24. The van der Waals surface area contributed by atoms with Crippen LogP contribution in [0, 0.1) is 0 Å². The number of rotatable bonds is 10. The molecule has 0 bridgehead atoms. The number of hydrogen-bond donors (Lipinski definition) is 2. The van der Waals surface area contributed by atoms with Crippen molar-refractivity contribution in [2.24, 2.45) is 0 Å². The van der Waals surface area contributed by atoms with Crippen LogP contribution in [0.2, 0.25) is 0 Å². The number of aliphatic carboxylic acids is 1. The van der Waals surface area contributed by atoms with Crippen molar-refractivity contribution in [3.05, 3.63) is 48.6 Å². The summed E-state index contributed by atoms with van der Waals surface area (Å²) in [4.78, 5) is 10.8. The van der Waals surface area contributed by atoms with E-state index in [1.165, 1.54) is 5.56 Å². The maximum atomic E-state index is 10.8. The zero-order valence-electron chi connectivity index (χ0n) is 12.2. The standard InChI is InChI=1S/C17H25NO2/c1-3-4-8-14(2)18-16(11-12-17(19)20)13-15-9-6-5-7-10-15/h3,5-7,9-10,14,16,18H,1,4,8,11-13H2,2H3,(H,19,20). The van der Waals surface area contributed by atoms with Gasteiger partial charge in [-0.05, 0) is 38.2 Å². The highest BCUT2D eigenvalue weighted by molar-refractivity contribution is 5.66. The molecule has 3 heteroatoms. The lowest BCUT2D eigenvalue weighted by Gasteiger charge is -2.23. The van der Waals surface area contributed by atoms with Crippen LogP contribution in [0.3, 0.4) is 0 Å². The third kappa shape index (κ3) is 7.10. The molecular formula is C17H25NO2. The maximum Gasteiger partial charge on any atom is 0.303 e. The lowest BCUT2D eigenvalue weighted by atomic mass is 10.00. The van der Waals surface area contributed by atoms with Gasteiger partial charge >= 0.3 is 5.97 Å². The molecule has 2 atom stereocenters. The van der Waals surface area contributed by atoms with E-state index in [-0.39, 0.29) is 12.5 Å². The molecule has 1 aromatic carbocycles. The van der Waals surface area contributed by atoms with E-state index in [4.69, 9.17) is 5.11 Å². The van der Waals surface area contributed by atoms with Crippen LogP contribution in [-0.2, 0) is 11.2 Å². The Bertz CT molecular complexity index is 403. The summed E-state index contributed by atoms with van der Waals surface area (Å²) < 4.78 is 0. The van der Waals surface area contributed by atoms with Crippen molar-refractivity contribution in [3.8, 4) is 0 Å². The van der Waals surface area contributed by atoms with Crippen molar-refractivity contribution in [2.45, 2.75) is 51.1 Å². The van der Waals surface area contributed by atoms with E-state index >= 15 is 0 Å². The second-order valence-corrected chi connectivity index (χ2v) is 5.25. The van der Waals surface area contributed by atoms with Gasteiger partial charge in [0.05, 0.1) is 0 Å². The number of allylic oxidation sites excluding steroid dienone is 1. The first-order chi connectivity index (χ1) is 9.61. The second kappa shape index (κ2) is 9.32. The molecule has 0 aliphatic heterocycles. The third-order valence-corrected chi connectivity index (χ3v) is 3.36. The summed E-state index contributed by atoms with van der Waals surface area (Å²) in [6, 6.07) is 10.8. The van der Waals surface area contributed by atoms with Crippen LogP contribution >= 0.6 is 0 Å². The van der Waals surface area contributed by atoms with Crippen LogP contribution in [0.15, 0.2) is 43.0 Å². The predicted octanol–water partition coefficient (Wildman–Crippen LogP) is 3.41. The summed E-state index contributed by atoms with van der Waals surface area (Å²) >= 11 is 0. The minimum atomic E-state index is -0.733. The topological polar surface area (TPSA) is 49.3 Å². The zero-order valence-corrected chi connectivity index (χ0v) is 12.2. The molecule has 0 fully saturated rings. The third-order valence-electron chi connectivity index (χ3n) is 3.36. The van der Waals surface area contributed by atoms with E-state index in [1.807, 2.05) is 24.3 Å². The Kier molecular flexibility index (Phi) is 7.66. The van der Waals surface area contributed by atoms with Crippen molar-refractivity contribution in [3.63, 3.8) is 0 Å². The normalized spacial score (nSPS) is 13.7. The lowest BCUT2D eigenvalue weighted by molar-refractivity contribution is -0.137. The Balaban J connectivity index is 2.54. The van der Waals surface area contributed by atoms with Gasteiger partial charge in [-0.3, -0.25) is 4.79 Å². The van der Waals surface area contributed by atoms with E-state index in [0.29, 0.717) is 12.5 Å². The molecule has 0 radical (unpaired) electrons. The number of nitrogens with one attached hydrogen (secondary N) is 1. The molecule has 1 aromatic rings. The van der Waals surface area contributed by atoms with Crippen LogP contribution in [-0.4, -0.2) is 23.2 Å². The highest BCUT2D eigenvalue weighted by atomic mass is 16.4. The van der Waals surface area contributed by atoms with Crippen molar-refractivity contribution in [1.29, 1.82) is 0 Å². The molecule has 20 heavy (non-hydrogen) atoms. The number of carboxylic acids is 1. The quantitative estimate of drug-likeness (QED) is 0.643. The predicted molar refractivity (Wildman–Crippen MR) is 82.8 cm³/mol. The first kappa shape index (κ1) is 16.4. The SMILES string of the molecule is C=CCCC(C)NC(CCC(=O)O)Cc1ccccc1. The zero-order chi connectivity index (χ0) is 14.8. The molecule has 0 aliphatic carbocycles. The highest BCUT2D eigenvalue weighted by Gasteiger charge is 2.14. The van der Waals surface area contributed by atoms with E-state index in [9.17, 15) is 4.79 Å². The molecule has 1 rings (SSSR count). The van der Waals surface area contributed by atoms with Crippen molar-refractivity contribution < 1.29 is 9.90 Å². The van der Waals surface area contributed by atoms with Gasteiger partial charge in [0.1, 0.15) is 0 Å². The number of benzene rings is 1. The Morgan fingerprint density at radius 2 is 2.05 bits per heavy atom. The number of carboxylic acid groups (broad SMARTS) is 1. The fraction of sp³-hybridized carbons (Fsp3) is 0.471. The van der Waals surface area contributed by atoms with E-state index in [2.05, 4.69) is 31.0 Å². The summed E-state index contributed by atoms with van der Waals surface area (Å²) in [7, 11) is 0. The molecule has 0 spiro atoms. The average molecular weight is 275 g/mol. The average Bonchev–Trinajstić information content (AvgIpc) is 2.43. The molecule has 0 heterocycles. The fourth-order valence-electron chi connectivity index (χ4n) is 2.29. The molecule has 0 saturated heterocycles. The van der Waals surface area contributed by atoms with E-state index < -0.39 is 5.97 Å². The van der Waals surface area contributed by atoms with Gasteiger partial charge in [0.15, 0.2) is 0 Å². The Labute approximate surface area is 121 Å². The van der Waals surface area contributed by atoms with Gasteiger partial charge in [-0.15, -0.1) is 6.58 Å². The van der Waals surface area contributed by atoms with Gasteiger partial charge in [-0.1, -0.05) is 36.4 Å². The highest BCUT2D eigenvalue weighted by Crippen LogP contribution is 2.10. The molecule has 3 nitrogen and oxygen atoms in total. The molecule has 0 aliphatic rings. The molecule has 2 N–H and O–H groups in total. The first-order valence-corrected chi connectivity index (χ1v) is 7.24. The van der Waals surface area contributed by atoms with E-state index in [1.54, 1.807) is 0 Å². The van der Waals surface area contributed by atoms with Gasteiger partial charge in [-0.2, -0.15) is 0 Å². The lowest BCUT2D eigenvalue weighted by Crippen LogP contribution is -2.38. The fourth-order valence-corrected chi connectivity index (χ4v) is 2.29. The Morgan fingerprint density at radius 3 is 2.65 bits per heavy atom. The molecule has 0 saturated carbocycles. The van der Waals surface area contributed by atoms with Crippen LogP contribution < -0.4 is 5.32 Å². The summed E-state index contributed by atoms with van der Waals surface area (Å²) in [6.45, 7) is 5.87. The Hall–Kier alpha value is -1.61. The Morgan fingerprint density at radius 1 is 1.35 bits per heavy atom. The summed E-state index contributed by atoms with van der Waals surface area (Å²) in [5.74, 6) is -0.733. The van der Waals surface area contributed by atoms with Crippen LogP contribution in [0.4, 0.5) is 0 Å². The summed E-state index contributed by atoms with van der Waals surface area (Å²) in [5.41, 5.74) is 1.24. The molecular weight excluding hydrogens is 250 g/mol. The summed E-state index contributed by atoms with van der Waals surface area (Å²) in [6.07, 6.45) is 5.66. The smallest absolute Gasteiger partial charge is 0.303 e. The number of hydrogen-bond acceptors (Lipinski definition) is 2. The van der Waals surface area contributed by atoms with Gasteiger partial charge in [0.2, 0.25) is 0 Å². The van der Waals surface area contributed by atoms with Gasteiger partial charge < -0.3 is 10.4 Å². The second-order valence-electron chi connectivity index (χ2n) is 5.25. The van der Waals surface area contributed by atoms with Gasteiger partial charge in [0.25, 0.3) is 0 Å². The maximum absolute atomic E-state index is 10.8. The minimum absolute atomic E-state index is 0.202. The number of carbonyl (C=O) groups is 1. The largest absolute Gasteiger partial charge is 0.481 e. The molecule has 0 aromatic heterocycles. The minimum Gasteiger partial charge on any atom is -0.481 e. The van der Waals surface area contributed by atoms with E-state index in [0.717, 1.165) is 19.3 Å². The van der Waals surface area contributed by atoms with Gasteiger partial charge in [0, 0.05) is 18.5 Å². The van der Waals surface area contributed by atoms with Crippen molar-refractivity contribution >= 4 is 5.97 Å². The molecule has 2 unspecified atom stereocenters. The van der Waals surface area contributed by atoms with Gasteiger partial charge in [-0.25, -0.2) is 0 Å². The van der Waals surface area contributed by atoms with Crippen LogP contribution in [0.25, 0.3) is 0 Å². The van der Waals surface area contributed by atoms with Crippen LogP contribution in [0.1, 0.15) is 38.2 Å². The van der Waals surface area contributed by atoms with Crippen molar-refractivity contribution in [2.75, 3.05) is 0 Å². The monoisotopic (exact) mass is 275 g/mol. The van der Waals surface area contributed by atoms with Crippen molar-refractivity contribution in [1.82, 2.24) is 5.32 Å². The molecule has 0 amide bonds. The summed E-state index contributed by atoms with van der Waals surface area (Å²) in [5, 5.41) is 12.4. The molecule has 110 valence electrons.